The van der Waals surface area contributed by atoms with E-state index >= 15 is 0 Å². The number of benzene rings is 2. The molecule has 2 rings (SSSR count). The Labute approximate surface area is 152 Å². The van der Waals surface area contributed by atoms with Crippen molar-refractivity contribution in [3.8, 4) is 5.75 Å². The third-order valence-electron chi connectivity index (χ3n) is 3.85. The molecule has 0 fully saturated rings. The number of ether oxygens (including phenoxy) is 1. The molecule has 136 valence electrons. The number of rotatable bonds is 5. The first kappa shape index (κ1) is 19.2. The number of hydrogen-bond donors (Lipinski definition) is 1. The zero-order valence-electron chi connectivity index (χ0n) is 15.3. The van der Waals surface area contributed by atoms with Gasteiger partial charge in [0.25, 0.3) is 5.69 Å². The molecule has 0 spiro atoms. The van der Waals surface area contributed by atoms with E-state index in [-0.39, 0.29) is 17.0 Å². The van der Waals surface area contributed by atoms with Crippen molar-refractivity contribution < 1.29 is 14.5 Å². The molecule has 6 nitrogen and oxygen atoms in total. The van der Waals surface area contributed by atoms with Crippen LogP contribution in [0.2, 0.25) is 0 Å². The highest BCUT2D eigenvalue weighted by Crippen LogP contribution is 2.31. The summed E-state index contributed by atoms with van der Waals surface area (Å²) in [4.78, 5) is 22.4. The average molecular weight is 354 g/mol. The SMILES string of the molecule is COc1ccc(C(C)(C)C)cc1NC(=O)/C=C/c1ccc([N+](=O)[O-])cc1. The van der Waals surface area contributed by atoms with Crippen LogP contribution in [-0.4, -0.2) is 17.9 Å². The maximum absolute atomic E-state index is 12.2. The van der Waals surface area contributed by atoms with E-state index in [9.17, 15) is 14.9 Å². The first-order valence-corrected chi connectivity index (χ1v) is 8.13. The molecule has 0 unspecified atom stereocenters. The van der Waals surface area contributed by atoms with Crippen molar-refractivity contribution in [2.24, 2.45) is 0 Å². The standard InChI is InChI=1S/C20H22N2O4/c1-20(2,3)15-8-11-18(26-4)17(13-15)21-19(23)12-7-14-5-9-16(10-6-14)22(24)25/h5-13H,1-4H3,(H,21,23)/b12-7+. The first-order valence-electron chi connectivity index (χ1n) is 8.13. The van der Waals surface area contributed by atoms with Gasteiger partial charge in [-0.3, -0.25) is 14.9 Å². The minimum atomic E-state index is -0.464. The van der Waals surface area contributed by atoms with E-state index in [2.05, 4.69) is 26.1 Å². The van der Waals surface area contributed by atoms with Gasteiger partial charge in [-0.05, 0) is 46.9 Å². The molecular weight excluding hydrogens is 332 g/mol. The summed E-state index contributed by atoms with van der Waals surface area (Å²) in [5, 5.41) is 13.5. The van der Waals surface area contributed by atoms with Crippen LogP contribution < -0.4 is 10.1 Å². The van der Waals surface area contributed by atoms with E-state index < -0.39 is 4.92 Å². The van der Waals surface area contributed by atoms with Gasteiger partial charge in [0.1, 0.15) is 5.75 Å². The minimum absolute atomic E-state index is 0.00957. The molecule has 0 aliphatic carbocycles. The van der Waals surface area contributed by atoms with Gasteiger partial charge < -0.3 is 10.1 Å². The number of non-ortho nitro benzene ring substituents is 1. The Balaban J connectivity index is 2.15. The van der Waals surface area contributed by atoms with Gasteiger partial charge in [-0.2, -0.15) is 0 Å². The summed E-state index contributed by atoms with van der Waals surface area (Å²) < 4.78 is 5.31. The van der Waals surface area contributed by atoms with E-state index in [4.69, 9.17) is 4.74 Å². The number of carbonyl (C=O) groups is 1. The fourth-order valence-corrected chi connectivity index (χ4v) is 2.33. The smallest absolute Gasteiger partial charge is 0.269 e. The van der Waals surface area contributed by atoms with Crippen LogP contribution >= 0.6 is 0 Å². The molecule has 1 amide bonds. The van der Waals surface area contributed by atoms with Gasteiger partial charge >= 0.3 is 0 Å². The fourth-order valence-electron chi connectivity index (χ4n) is 2.33. The van der Waals surface area contributed by atoms with Crippen molar-refractivity contribution in [3.63, 3.8) is 0 Å². The van der Waals surface area contributed by atoms with Crippen LogP contribution in [0.1, 0.15) is 31.9 Å². The third-order valence-corrected chi connectivity index (χ3v) is 3.85. The van der Waals surface area contributed by atoms with Crippen LogP contribution in [0.3, 0.4) is 0 Å². The Bertz CT molecular complexity index is 834. The molecule has 6 heteroatoms. The van der Waals surface area contributed by atoms with Gasteiger partial charge in [0.05, 0.1) is 17.7 Å². The summed E-state index contributed by atoms with van der Waals surface area (Å²) >= 11 is 0. The molecule has 0 aliphatic rings. The monoisotopic (exact) mass is 354 g/mol. The second kappa shape index (κ2) is 7.82. The number of carbonyl (C=O) groups excluding carboxylic acids is 1. The summed E-state index contributed by atoms with van der Waals surface area (Å²) in [6, 6.07) is 11.7. The van der Waals surface area contributed by atoms with Crippen LogP contribution in [0.25, 0.3) is 6.08 Å². The Morgan fingerprint density at radius 1 is 1.15 bits per heavy atom. The van der Waals surface area contributed by atoms with Crippen molar-refractivity contribution in [2.75, 3.05) is 12.4 Å². The summed E-state index contributed by atoms with van der Waals surface area (Å²) in [6.07, 6.45) is 2.98. The summed E-state index contributed by atoms with van der Waals surface area (Å²) in [5.41, 5.74) is 2.32. The predicted octanol–water partition coefficient (Wildman–Crippen LogP) is 4.55. The second-order valence-electron chi connectivity index (χ2n) is 6.84. The van der Waals surface area contributed by atoms with Gasteiger partial charge in [0.2, 0.25) is 5.91 Å². The summed E-state index contributed by atoms with van der Waals surface area (Å²) in [6.45, 7) is 6.28. The van der Waals surface area contributed by atoms with Gasteiger partial charge in [-0.25, -0.2) is 0 Å². The van der Waals surface area contributed by atoms with Crippen LogP contribution in [-0.2, 0) is 10.2 Å². The molecule has 0 atom stereocenters. The molecule has 0 radical (unpaired) electrons. The third kappa shape index (κ3) is 4.92. The maximum Gasteiger partial charge on any atom is 0.269 e. The topological polar surface area (TPSA) is 81.5 Å². The number of amides is 1. The number of hydrogen-bond acceptors (Lipinski definition) is 4. The van der Waals surface area contributed by atoms with Crippen LogP contribution in [0.5, 0.6) is 5.75 Å². The van der Waals surface area contributed by atoms with Crippen molar-refractivity contribution in [3.05, 3.63) is 69.8 Å². The molecule has 1 N–H and O–H groups in total. The summed E-state index contributed by atoms with van der Waals surface area (Å²) in [7, 11) is 1.55. The highest BCUT2D eigenvalue weighted by molar-refractivity contribution is 6.02. The molecule has 0 aromatic heterocycles. The molecule has 0 aliphatic heterocycles. The van der Waals surface area contributed by atoms with Crippen molar-refractivity contribution in [1.29, 1.82) is 0 Å². The van der Waals surface area contributed by atoms with Gasteiger partial charge in [0.15, 0.2) is 0 Å². The van der Waals surface area contributed by atoms with Gasteiger partial charge in [0, 0.05) is 18.2 Å². The highest BCUT2D eigenvalue weighted by Gasteiger charge is 2.16. The van der Waals surface area contributed by atoms with Crippen LogP contribution in [0.4, 0.5) is 11.4 Å². The normalized spacial score (nSPS) is 11.4. The number of nitro benzene ring substituents is 1. The Morgan fingerprint density at radius 2 is 1.81 bits per heavy atom. The lowest BCUT2D eigenvalue weighted by Gasteiger charge is -2.21. The lowest BCUT2D eigenvalue weighted by atomic mass is 9.87. The Morgan fingerprint density at radius 3 is 2.35 bits per heavy atom. The number of nitro groups is 1. The number of methoxy groups -OCH3 is 1. The zero-order chi connectivity index (χ0) is 19.3. The number of nitrogens with zero attached hydrogens (tertiary/aromatic N) is 1. The molecule has 0 saturated heterocycles. The molecule has 0 saturated carbocycles. The molecule has 0 bridgehead atoms. The van der Waals surface area contributed by atoms with Crippen LogP contribution in [0, 0.1) is 10.1 Å². The lowest BCUT2D eigenvalue weighted by Crippen LogP contribution is -2.14. The predicted molar refractivity (Wildman–Crippen MR) is 102 cm³/mol. The molecule has 2 aromatic rings. The van der Waals surface area contributed by atoms with E-state index in [0.717, 1.165) is 5.56 Å². The maximum atomic E-state index is 12.2. The lowest BCUT2D eigenvalue weighted by molar-refractivity contribution is -0.384. The van der Waals surface area contributed by atoms with E-state index in [1.807, 2.05) is 18.2 Å². The highest BCUT2D eigenvalue weighted by atomic mass is 16.6. The van der Waals surface area contributed by atoms with E-state index in [1.165, 1.54) is 18.2 Å². The van der Waals surface area contributed by atoms with E-state index in [1.54, 1.807) is 25.3 Å². The average Bonchev–Trinajstić information content (AvgIpc) is 2.59. The summed E-state index contributed by atoms with van der Waals surface area (Å²) in [5.74, 6) is 0.266. The number of nitrogens with one attached hydrogen (secondary N) is 1. The van der Waals surface area contributed by atoms with Crippen molar-refractivity contribution >= 4 is 23.4 Å². The zero-order valence-corrected chi connectivity index (χ0v) is 15.3. The van der Waals surface area contributed by atoms with E-state index in [0.29, 0.717) is 17.0 Å². The second-order valence-corrected chi connectivity index (χ2v) is 6.84. The molecular formula is C20H22N2O4. The molecule has 2 aromatic carbocycles. The molecule has 0 heterocycles. The van der Waals surface area contributed by atoms with Crippen molar-refractivity contribution in [2.45, 2.75) is 26.2 Å². The fraction of sp³-hybridized carbons (Fsp3) is 0.250. The quantitative estimate of drug-likeness (QED) is 0.485. The first-order chi connectivity index (χ1) is 12.2. The number of anilines is 1. The van der Waals surface area contributed by atoms with Crippen molar-refractivity contribution in [1.82, 2.24) is 0 Å². The van der Waals surface area contributed by atoms with Gasteiger partial charge in [-0.1, -0.05) is 26.8 Å². The minimum Gasteiger partial charge on any atom is -0.495 e. The Hall–Kier alpha value is -3.15. The largest absolute Gasteiger partial charge is 0.495 e. The Kier molecular flexibility index (Phi) is 5.77. The van der Waals surface area contributed by atoms with Gasteiger partial charge in [-0.15, -0.1) is 0 Å². The molecule has 26 heavy (non-hydrogen) atoms. The van der Waals surface area contributed by atoms with Crippen LogP contribution in [0.15, 0.2) is 48.5 Å².